The number of alkyl halides is 2. The van der Waals surface area contributed by atoms with E-state index in [1.807, 2.05) is 6.92 Å². The summed E-state index contributed by atoms with van der Waals surface area (Å²) in [5.41, 5.74) is 1.53. The Labute approximate surface area is 151 Å². The summed E-state index contributed by atoms with van der Waals surface area (Å²) in [4.78, 5) is 17.5. The highest BCUT2D eigenvalue weighted by atomic mass is 32.1. The first-order valence-electron chi connectivity index (χ1n) is 7.52. The SMILES string of the molecule is Cc1sc(NC(=O)c2cccc(OC(F)F)c2)nc1-c1ccc(F)cc1. The first-order chi connectivity index (χ1) is 12.4. The van der Waals surface area contributed by atoms with Crippen LogP contribution in [0.1, 0.15) is 15.2 Å². The molecule has 26 heavy (non-hydrogen) atoms. The van der Waals surface area contributed by atoms with Crippen LogP contribution in [-0.4, -0.2) is 17.5 Å². The van der Waals surface area contributed by atoms with E-state index in [0.717, 1.165) is 10.4 Å². The minimum Gasteiger partial charge on any atom is -0.435 e. The number of hydrogen-bond acceptors (Lipinski definition) is 4. The Morgan fingerprint density at radius 1 is 1.19 bits per heavy atom. The number of carbonyl (C=O) groups excluding carboxylic acids is 1. The van der Waals surface area contributed by atoms with Crippen LogP contribution in [0.4, 0.5) is 18.3 Å². The summed E-state index contributed by atoms with van der Waals surface area (Å²) >= 11 is 1.26. The molecule has 134 valence electrons. The molecule has 0 spiro atoms. The van der Waals surface area contributed by atoms with Gasteiger partial charge in [0.2, 0.25) is 0 Å². The van der Waals surface area contributed by atoms with E-state index in [2.05, 4.69) is 15.0 Å². The number of ether oxygens (including phenoxy) is 1. The van der Waals surface area contributed by atoms with Crippen LogP contribution in [-0.2, 0) is 0 Å². The molecule has 0 aliphatic rings. The van der Waals surface area contributed by atoms with Gasteiger partial charge in [-0.3, -0.25) is 10.1 Å². The van der Waals surface area contributed by atoms with Crippen molar-refractivity contribution in [3.05, 3.63) is 64.8 Å². The normalized spacial score (nSPS) is 10.8. The smallest absolute Gasteiger partial charge is 0.387 e. The number of anilines is 1. The quantitative estimate of drug-likeness (QED) is 0.671. The maximum atomic E-state index is 13.0. The molecule has 3 rings (SSSR count). The molecule has 0 fully saturated rings. The minimum atomic E-state index is -2.96. The maximum Gasteiger partial charge on any atom is 0.387 e. The third-order valence-electron chi connectivity index (χ3n) is 3.46. The Balaban J connectivity index is 1.78. The van der Waals surface area contributed by atoms with Crippen LogP contribution < -0.4 is 10.1 Å². The second-order valence-electron chi connectivity index (χ2n) is 5.29. The summed E-state index contributed by atoms with van der Waals surface area (Å²) in [5.74, 6) is -0.944. The highest BCUT2D eigenvalue weighted by Crippen LogP contribution is 2.30. The first-order valence-corrected chi connectivity index (χ1v) is 8.33. The average molecular weight is 378 g/mol. The van der Waals surface area contributed by atoms with E-state index in [0.29, 0.717) is 10.8 Å². The van der Waals surface area contributed by atoms with E-state index in [4.69, 9.17) is 0 Å². The molecule has 0 saturated carbocycles. The number of halogens is 3. The number of nitrogens with zero attached hydrogens (tertiary/aromatic N) is 1. The van der Waals surface area contributed by atoms with Gasteiger partial charge in [-0.05, 0) is 49.4 Å². The van der Waals surface area contributed by atoms with Gasteiger partial charge in [-0.25, -0.2) is 9.37 Å². The van der Waals surface area contributed by atoms with E-state index in [-0.39, 0.29) is 17.1 Å². The molecule has 0 aliphatic carbocycles. The van der Waals surface area contributed by atoms with Crippen molar-refractivity contribution < 1.29 is 22.7 Å². The van der Waals surface area contributed by atoms with Gasteiger partial charge >= 0.3 is 6.61 Å². The van der Waals surface area contributed by atoms with E-state index in [9.17, 15) is 18.0 Å². The van der Waals surface area contributed by atoms with Crippen molar-refractivity contribution in [2.75, 3.05) is 5.32 Å². The summed E-state index contributed by atoms with van der Waals surface area (Å²) in [5, 5.41) is 2.99. The average Bonchev–Trinajstić information content (AvgIpc) is 2.95. The summed E-state index contributed by atoms with van der Waals surface area (Å²) in [6, 6.07) is 11.4. The van der Waals surface area contributed by atoms with Crippen molar-refractivity contribution in [2.45, 2.75) is 13.5 Å². The molecular weight excluding hydrogens is 365 g/mol. The topological polar surface area (TPSA) is 51.2 Å². The second kappa shape index (κ2) is 7.57. The van der Waals surface area contributed by atoms with Gasteiger partial charge in [0.05, 0.1) is 5.69 Å². The van der Waals surface area contributed by atoms with Crippen LogP contribution in [0.2, 0.25) is 0 Å². The highest BCUT2D eigenvalue weighted by molar-refractivity contribution is 7.16. The maximum absolute atomic E-state index is 13.0. The Hall–Kier alpha value is -2.87. The summed E-state index contributed by atoms with van der Waals surface area (Å²) in [6.45, 7) is -1.13. The third-order valence-corrected chi connectivity index (χ3v) is 4.34. The van der Waals surface area contributed by atoms with E-state index in [1.54, 1.807) is 12.1 Å². The lowest BCUT2D eigenvalue weighted by molar-refractivity contribution is -0.0498. The molecule has 4 nitrogen and oxygen atoms in total. The molecule has 0 bridgehead atoms. The monoisotopic (exact) mass is 378 g/mol. The Kier molecular flexibility index (Phi) is 5.22. The first kappa shape index (κ1) is 17.9. The molecule has 0 saturated heterocycles. The molecular formula is C18H13F3N2O2S. The highest BCUT2D eigenvalue weighted by Gasteiger charge is 2.14. The lowest BCUT2D eigenvalue weighted by atomic mass is 10.1. The molecule has 1 aromatic heterocycles. The lowest BCUT2D eigenvalue weighted by Gasteiger charge is -2.06. The van der Waals surface area contributed by atoms with Gasteiger partial charge in [0.1, 0.15) is 11.6 Å². The number of amides is 1. The van der Waals surface area contributed by atoms with Crippen LogP contribution in [0.25, 0.3) is 11.3 Å². The minimum absolute atomic E-state index is 0.102. The molecule has 1 N–H and O–H groups in total. The number of carbonyl (C=O) groups is 1. The molecule has 1 amide bonds. The molecule has 8 heteroatoms. The van der Waals surface area contributed by atoms with Crippen molar-refractivity contribution >= 4 is 22.4 Å². The Bertz CT molecular complexity index is 926. The molecule has 1 heterocycles. The van der Waals surface area contributed by atoms with E-state index in [1.165, 1.54) is 47.7 Å². The van der Waals surface area contributed by atoms with E-state index < -0.39 is 12.5 Å². The standard InChI is InChI=1S/C18H13F3N2O2S/c1-10-15(11-5-7-13(19)8-6-11)22-18(26-10)23-16(24)12-3-2-4-14(9-12)25-17(20)21/h2-9,17H,1H3,(H,22,23,24). The van der Waals surface area contributed by atoms with Gasteiger partial charge in [0.15, 0.2) is 5.13 Å². The Morgan fingerprint density at radius 2 is 1.92 bits per heavy atom. The number of hydrogen-bond donors (Lipinski definition) is 1. The molecule has 0 radical (unpaired) electrons. The van der Waals surface area contributed by atoms with Crippen LogP contribution in [0.15, 0.2) is 48.5 Å². The van der Waals surface area contributed by atoms with Crippen molar-refractivity contribution in [3.8, 4) is 17.0 Å². The van der Waals surface area contributed by atoms with Gasteiger partial charge < -0.3 is 4.74 Å². The Morgan fingerprint density at radius 3 is 2.62 bits per heavy atom. The van der Waals surface area contributed by atoms with Gasteiger partial charge in [0, 0.05) is 16.0 Å². The van der Waals surface area contributed by atoms with Gasteiger partial charge in [-0.15, -0.1) is 11.3 Å². The molecule has 0 unspecified atom stereocenters. The van der Waals surface area contributed by atoms with Gasteiger partial charge in [-0.1, -0.05) is 6.07 Å². The number of rotatable bonds is 5. The molecule has 3 aromatic rings. The fraction of sp³-hybridized carbons (Fsp3) is 0.111. The van der Waals surface area contributed by atoms with Crippen LogP contribution in [0.5, 0.6) is 5.75 Å². The number of nitrogens with one attached hydrogen (secondary N) is 1. The zero-order valence-electron chi connectivity index (χ0n) is 13.5. The second-order valence-corrected chi connectivity index (χ2v) is 6.49. The van der Waals surface area contributed by atoms with Crippen LogP contribution in [0, 0.1) is 12.7 Å². The fourth-order valence-electron chi connectivity index (χ4n) is 2.31. The lowest BCUT2D eigenvalue weighted by Crippen LogP contribution is -2.12. The van der Waals surface area contributed by atoms with Gasteiger partial charge in [-0.2, -0.15) is 8.78 Å². The van der Waals surface area contributed by atoms with Crippen molar-refractivity contribution in [3.63, 3.8) is 0 Å². The zero-order chi connectivity index (χ0) is 18.7. The summed E-state index contributed by atoms with van der Waals surface area (Å²) in [6.07, 6.45) is 0. The largest absolute Gasteiger partial charge is 0.435 e. The number of aryl methyl sites for hydroxylation is 1. The van der Waals surface area contributed by atoms with Gasteiger partial charge in [0.25, 0.3) is 5.91 Å². The predicted molar refractivity (Wildman–Crippen MR) is 93.3 cm³/mol. The fourth-order valence-corrected chi connectivity index (χ4v) is 3.14. The van der Waals surface area contributed by atoms with Crippen LogP contribution >= 0.6 is 11.3 Å². The molecule has 0 atom stereocenters. The molecule has 0 aliphatic heterocycles. The zero-order valence-corrected chi connectivity index (χ0v) is 14.3. The number of aromatic nitrogens is 1. The summed E-state index contributed by atoms with van der Waals surface area (Å²) in [7, 11) is 0. The van der Waals surface area contributed by atoms with Crippen molar-refractivity contribution in [1.82, 2.24) is 4.98 Å². The number of benzene rings is 2. The predicted octanol–water partition coefficient (Wildman–Crippen LogP) is 5.11. The van der Waals surface area contributed by atoms with Crippen molar-refractivity contribution in [2.24, 2.45) is 0 Å². The number of thiazole rings is 1. The van der Waals surface area contributed by atoms with Crippen LogP contribution in [0.3, 0.4) is 0 Å². The summed E-state index contributed by atoms with van der Waals surface area (Å²) < 4.78 is 41.9. The van der Waals surface area contributed by atoms with E-state index >= 15 is 0 Å². The molecule has 2 aromatic carbocycles. The third kappa shape index (κ3) is 4.20. The van der Waals surface area contributed by atoms with Crippen molar-refractivity contribution in [1.29, 1.82) is 0 Å².